The lowest BCUT2D eigenvalue weighted by Crippen LogP contribution is -2.38. The van der Waals surface area contributed by atoms with Crippen molar-refractivity contribution in [2.45, 2.75) is 12.7 Å². The summed E-state index contributed by atoms with van der Waals surface area (Å²) in [5.74, 6) is 0.154. The number of aliphatic hydroxyl groups is 1. The van der Waals surface area contributed by atoms with E-state index in [0.29, 0.717) is 30.9 Å². The number of phenolic OH excluding ortho intramolecular Hbond substituents is 1. The van der Waals surface area contributed by atoms with Gasteiger partial charge in [0.25, 0.3) is 5.69 Å². The summed E-state index contributed by atoms with van der Waals surface area (Å²) >= 11 is 0. The van der Waals surface area contributed by atoms with Crippen molar-refractivity contribution in [2.75, 3.05) is 24.6 Å². The predicted molar refractivity (Wildman–Crippen MR) is 88.0 cm³/mol. The number of nitrogens with zero attached hydrogens (tertiary/aromatic N) is 2. The highest BCUT2D eigenvalue weighted by atomic mass is 16.6. The van der Waals surface area contributed by atoms with Gasteiger partial charge in [-0.05, 0) is 35.4 Å². The molecule has 0 aliphatic carbocycles. The number of benzene rings is 2. The lowest BCUT2D eigenvalue weighted by Gasteiger charge is -2.34. The van der Waals surface area contributed by atoms with Gasteiger partial charge in [-0.1, -0.05) is 12.1 Å². The van der Waals surface area contributed by atoms with Crippen LogP contribution in [0.4, 0.5) is 11.4 Å². The quantitative estimate of drug-likeness (QED) is 0.660. The Kier molecular flexibility index (Phi) is 4.64. The number of hydrogen-bond donors (Lipinski definition) is 2. The lowest BCUT2D eigenvalue weighted by atomic mass is 10.1. The SMILES string of the molecule is O=[N+]([O-])c1ccc(CO)cc1N1CCOC(c2cccc(O)c2)C1. The standard InChI is InChI=1S/C17H18N2O5/c20-11-12-4-5-15(19(22)23)16(8-12)18-6-7-24-17(10-18)13-2-1-3-14(21)9-13/h1-5,8-9,17,20-21H,6-7,10-11H2. The third-order valence-corrected chi connectivity index (χ3v) is 4.07. The molecule has 2 N–H and O–H groups in total. The molecule has 7 nitrogen and oxygen atoms in total. The van der Waals surface area contributed by atoms with Crippen molar-refractivity contribution in [3.05, 3.63) is 63.7 Å². The summed E-state index contributed by atoms with van der Waals surface area (Å²) in [5, 5.41) is 30.2. The van der Waals surface area contributed by atoms with E-state index in [1.54, 1.807) is 30.3 Å². The van der Waals surface area contributed by atoms with Crippen LogP contribution in [0.5, 0.6) is 5.75 Å². The molecule has 7 heteroatoms. The molecule has 1 fully saturated rings. The zero-order chi connectivity index (χ0) is 17.1. The first-order chi connectivity index (χ1) is 11.6. The second kappa shape index (κ2) is 6.86. The van der Waals surface area contributed by atoms with Crippen molar-refractivity contribution >= 4 is 11.4 Å². The van der Waals surface area contributed by atoms with Crippen molar-refractivity contribution in [1.82, 2.24) is 0 Å². The van der Waals surface area contributed by atoms with E-state index in [-0.39, 0.29) is 24.1 Å². The number of rotatable bonds is 4. The molecule has 2 aromatic rings. The maximum atomic E-state index is 11.3. The first kappa shape index (κ1) is 16.2. The molecule has 3 rings (SSSR count). The van der Waals surface area contributed by atoms with Crippen LogP contribution in [0.2, 0.25) is 0 Å². The topological polar surface area (TPSA) is 96.1 Å². The number of phenols is 1. The lowest BCUT2D eigenvalue weighted by molar-refractivity contribution is -0.384. The molecule has 0 spiro atoms. The second-order valence-corrected chi connectivity index (χ2v) is 5.64. The van der Waals surface area contributed by atoms with Crippen LogP contribution < -0.4 is 4.90 Å². The van der Waals surface area contributed by atoms with Gasteiger partial charge in [-0.3, -0.25) is 10.1 Å². The van der Waals surface area contributed by atoms with Crippen LogP contribution in [-0.2, 0) is 11.3 Å². The minimum Gasteiger partial charge on any atom is -0.508 e. The van der Waals surface area contributed by atoms with Crippen LogP contribution in [0, 0.1) is 10.1 Å². The van der Waals surface area contributed by atoms with Gasteiger partial charge >= 0.3 is 0 Å². The van der Waals surface area contributed by atoms with Crippen LogP contribution in [0.25, 0.3) is 0 Å². The third-order valence-electron chi connectivity index (χ3n) is 4.07. The monoisotopic (exact) mass is 330 g/mol. The molecule has 0 saturated carbocycles. The number of aliphatic hydroxyl groups excluding tert-OH is 1. The molecule has 0 radical (unpaired) electrons. The Labute approximate surface area is 138 Å². The maximum absolute atomic E-state index is 11.3. The van der Waals surface area contributed by atoms with Crippen LogP contribution in [0.1, 0.15) is 17.2 Å². The van der Waals surface area contributed by atoms with Gasteiger partial charge in [0.1, 0.15) is 17.5 Å². The Morgan fingerprint density at radius 3 is 2.83 bits per heavy atom. The van der Waals surface area contributed by atoms with E-state index in [1.165, 1.54) is 6.07 Å². The highest BCUT2D eigenvalue weighted by molar-refractivity contribution is 5.65. The number of nitro benzene ring substituents is 1. The van der Waals surface area contributed by atoms with E-state index in [9.17, 15) is 20.3 Å². The molecule has 0 bridgehead atoms. The zero-order valence-electron chi connectivity index (χ0n) is 13.0. The van der Waals surface area contributed by atoms with Crippen molar-refractivity contribution in [2.24, 2.45) is 0 Å². The fraction of sp³-hybridized carbons (Fsp3) is 0.294. The highest BCUT2D eigenvalue weighted by Gasteiger charge is 2.27. The highest BCUT2D eigenvalue weighted by Crippen LogP contribution is 2.33. The van der Waals surface area contributed by atoms with Crippen molar-refractivity contribution in [3.63, 3.8) is 0 Å². The van der Waals surface area contributed by atoms with Crippen LogP contribution >= 0.6 is 0 Å². The molecule has 126 valence electrons. The van der Waals surface area contributed by atoms with Crippen LogP contribution in [0.15, 0.2) is 42.5 Å². The van der Waals surface area contributed by atoms with Gasteiger partial charge in [0, 0.05) is 19.2 Å². The van der Waals surface area contributed by atoms with E-state index in [2.05, 4.69) is 0 Å². The number of nitro groups is 1. The Morgan fingerprint density at radius 1 is 1.29 bits per heavy atom. The molecule has 1 atom stereocenters. The third kappa shape index (κ3) is 3.32. The van der Waals surface area contributed by atoms with Crippen LogP contribution in [-0.4, -0.2) is 34.8 Å². The molecule has 0 amide bonds. The van der Waals surface area contributed by atoms with Gasteiger partial charge in [0.05, 0.1) is 18.1 Å². The normalized spacial score (nSPS) is 17.7. The Balaban J connectivity index is 1.90. The summed E-state index contributed by atoms with van der Waals surface area (Å²) in [6.07, 6.45) is -0.289. The number of anilines is 1. The van der Waals surface area contributed by atoms with Gasteiger partial charge in [-0.25, -0.2) is 0 Å². The van der Waals surface area contributed by atoms with E-state index < -0.39 is 4.92 Å². The van der Waals surface area contributed by atoms with E-state index >= 15 is 0 Å². The summed E-state index contributed by atoms with van der Waals surface area (Å²) in [5.41, 5.74) is 1.92. The van der Waals surface area contributed by atoms with Crippen LogP contribution in [0.3, 0.4) is 0 Å². The summed E-state index contributed by atoms with van der Waals surface area (Å²) in [7, 11) is 0. The first-order valence-electron chi connectivity index (χ1n) is 7.62. The number of aromatic hydroxyl groups is 1. The maximum Gasteiger partial charge on any atom is 0.292 e. The molecule has 1 aliphatic rings. The largest absolute Gasteiger partial charge is 0.508 e. The molecule has 1 heterocycles. The van der Waals surface area contributed by atoms with Gasteiger partial charge in [-0.2, -0.15) is 0 Å². The summed E-state index contributed by atoms with van der Waals surface area (Å²) in [6.45, 7) is 1.19. The molecular weight excluding hydrogens is 312 g/mol. The average Bonchev–Trinajstić information content (AvgIpc) is 2.61. The smallest absolute Gasteiger partial charge is 0.292 e. The minimum atomic E-state index is -0.421. The molecular formula is C17H18N2O5. The molecule has 1 saturated heterocycles. The first-order valence-corrected chi connectivity index (χ1v) is 7.62. The van der Waals surface area contributed by atoms with Gasteiger partial charge in [-0.15, -0.1) is 0 Å². The van der Waals surface area contributed by atoms with Gasteiger partial charge in [0.15, 0.2) is 0 Å². The average molecular weight is 330 g/mol. The molecule has 0 aromatic heterocycles. The summed E-state index contributed by atoms with van der Waals surface area (Å²) in [4.78, 5) is 12.8. The van der Waals surface area contributed by atoms with E-state index in [0.717, 1.165) is 5.56 Å². The zero-order valence-corrected chi connectivity index (χ0v) is 13.0. The number of morpholine rings is 1. The van der Waals surface area contributed by atoms with Crippen molar-refractivity contribution in [3.8, 4) is 5.75 Å². The van der Waals surface area contributed by atoms with Crippen molar-refractivity contribution in [1.29, 1.82) is 0 Å². The molecule has 24 heavy (non-hydrogen) atoms. The Hall–Kier alpha value is -2.64. The number of hydrogen-bond acceptors (Lipinski definition) is 6. The minimum absolute atomic E-state index is 0.00348. The second-order valence-electron chi connectivity index (χ2n) is 5.64. The molecule has 2 aromatic carbocycles. The van der Waals surface area contributed by atoms with Gasteiger partial charge < -0.3 is 19.8 Å². The molecule has 1 aliphatic heterocycles. The summed E-state index contributed by atoms with van der Waals surface area (Å²) in [6, 6.07) is 11.4. The van der Waals surface area contributed by atoms with E-state index in [1.807, 2.05) is 11.0 Å². The summed E-state index contributed by atoms with van der Waals surface area (Å²) < 4.78 is 5.76. The Morgan fingerprint density at radius 2 is 2.12 bits per heavy atom. The van der Waals surface area contributed by atoms with Crippen molar-refractivity contribution < 1.29 is 19.9 Å². The number of ether oxygens (including phenoxy) is 1. The Bertz CT molecular complexity index is 750. The van der Waals surface area contributed by atoms with Gasteiger partial charge in [0.2, 0.25) is 0 Å². The predicted octanol–water partition coefficient (Wildman–Crippen LogP) is 2.37. The van der Waals surface area contributed by atoms with E-state index in [4.69, 9.17) is 4.74 Å². The molecule has 1 unspecified atom stereocenters. The fourth-order valence-electron chi connectivity index (χ4n) is 2.87. The fourth-order valence-corrected chi connectivity index (χ4v) is 2.87.